The minimum Gasteiger partial charge on any atom is -0.380 e. The van der Waals surface area contributed by atoms with Crippen LogP contribution in [0.25, 0.3) is 0 Å². The highest BCUT2D eigenvalue weighted by atomic mass is 35.5. The van der Waals surface area contributed by atoms with Crippen molar-refractivity contribution in [3.05, 3.63) is 64.2 Å². The smallest absolute Gasteiger partial charge is 0.380 e. The van der Waals surface area contributed by atoms with Crippen LogP contribution in [0.2, 0.25) is 5.02 Å². The van der Waals surface area contributed by atoms with Gasteiger partial charge in [0.15, 0.2) is 0 Å². The van der Waals surface area contributed by atoms with Crippen molar-refractivity contribution in [3.63, 3.8) is 0 Å². The molecule has 0 aliphatic rings. The number of nitrogens with one attached hydrogen (secondary N) is 1. The Hall–Kier alpha value is -2.58. The number of amides is 2. The number of ether oxygens (including phenoxy) is 1. The fourth-order valence-corrected chi connectivity index (χ4v) is 2.66. The summed E-state index contributed by atoms with van der Waals surface area (Å²) >= 11 is 5.55. The Labute approximate surface area is 165 Å². The molecule has 1 N–H and O–H groups in total. The Kier molecular flexibility index (Phi) is 7.04. The summed E-state index contributed by atoms with van der Waals surface area (Å²) in [7, 11) is 2.98. The zero-order chi connectivity index (χ0) is 20.9. The van der Waals surface area contributed by atoms with Gasteiger partial charge >= 0.3 is 6.18 Å². The van der Waals surface area contributed by atoms with Gasteiger partial charge in [0.2, 0.25) is 5.91 Å². The van der Waals surface area contributed by atoms with Crippen LogP contribution in [0.1, 0.15) is 21.5 Å². The van der Waals surface area contributed by atoms with E-state index in [1.807, 2.05) is 0 Å². The summed E-state index contributed by atoms with van der Waals surface area (Å²) in [6, 6.07) is 9.74. The van der Waals surface area contributed by atoms with Crippen molar-refractivity contribution in [2.45, 2.75) is 12.8 Å². The zero-order valence-corrected chi connectivity index (χ0v) is 15.9. The number of rotatable bonds is 6. The molecule has 0 aliphatic carbocycles. The standard InChI is InChI=1S/C19H18ClF3N2O3/c1-25(18(27)13-5-3-12(4-6-13)11-28-2)10-17(26)24-14-7-8-16(20)15(9-14)19(21,22)23/h3-9H,10-11H2,1-2H3,(H,24,26). The number of hydrogen-bond acceptors (Lipinski definition) is 3. The second-order valence-corrected chi connectivity index (χ2v) is 6.44. The van der Waals surface area contributed by atoms with Crippen molar-refractivity contribution < 1.29 is 27.5 Å². The van der Waals surface area contributed by atoms with E-state index in [0.717, 1.165) is 17.7 Å². The lowest BCUT2D eigenvalue weighted by atomic mass is 10.1. The topological polar surface area (TPSA) is 58.6 Å². The summed E-state index contributed by atoms with van der Waals surface area (Å²) in [5.74, 6) is -1.03. The fraction of sp³-hybridized carbons (Fsp3) is 0.263. The number of methoxy groups -OCH3 is 1. The van der Waals surface area contributed by atoms with Crippen LogP contribution in [0.4, 0.5) is 18.9 Å². The highest BCUT2D eigenvalue weighted by Gasteiger charge is 2.33. The third kappa shape index (κ3) is 5.71. The van der Waals surface area contributed by atoms with Gasteiger partial charge in [-0.2, -0.15) is 13.2 Å². The van der Waals surface area contributed by atoms with Gasteiger partial charge in [0, 0.05) is 25.4 Å². The average molecular weight is 415 g/mol. The quantitative estimate of drug-likeness (QED) is 0.770. The van der Waals surface area contributed by atoms with E-state index in [9.17, 15) is 22.8 Å². The number of likely N-dealkylation sites (N-methyl/N-ethyl adjacent to an activating group) is 1. The lowest BCUT2D eigenvalue weighted by Crippen LogP contribution is -2.35. The molecule has 2 aromatic rings. The molecule has 5 nitrogen and oxygen atoms in total. The number of anilines is 1. The van der Waals surface area contributed by atoms with Crippen molar-refractivity contribution >= 4 is 29.1 Å². The lowest BCUT2D eigenvalue weighted by Gasteiger charge is -2.17. The Balaban J connectivity index is 2.01. The van der Waals surface area contributed by atoms with Crippen LogP contribution in [0, 0.1) is 0 Å². The number of alkyl halides is 3. The van der Waals surface area contributed by atoms with E-state index in [-0.39, 0.29) is 12.2 Å². The first-order valence-electron chi connectivity index (χ1n) is 8.11. The fourth-order valence-electron chi connectivity index (χ4n) is 2.44. The van der Waals surface area contributed by atoms with Gasteiger partial charge < -0.3 is 15.0 Å². The van der Waals surface area contributed by atoms with Crippen LogP contribution < -0.4 is 5.32 Å². The van der Waals surface area contributed by atoms with Gasteiger partial charge in [-0.3, -0.25) is 9.59 Å². The van der Waals surface area contributed by atoms with Gasteiger partial charge in [-0.15, -0.1) is 0 Å². The molecule has 150 valence electrons. The molecule has 0 heterocycles. The summed E-state index contributed by atoms with van der Waals surface area (Å²) in [6.45, 7) is 0.0797. The summed E-state index contributed by atoms with van der Waals surface area (Å²) in [5, 5.41) is 1.87. The molecule has 0 fully saturated rings. The molecule has 28 heavy (non-hydrogen) atoms. The molecule has 0 aliphatic heterocycles. The number of halogens is 4. The number of nitrogens with zero attached hydrogens (tertiary/aromatic N) is 1. The second-order valence-electron chi connectivity index (χ2n) is 6.03. The third-order valence-electron chi connectivity index (χ3n) is 3.79. The number of carbonyl (C=O) groups is 2. The van der Waals surface area contributed by atoms with Gasteiger partial charge in [-0.1, -0.05) is 23.7 Å². The molecule has 0 bridgehead atoms. The minimum absolute atomic E-state index is 0.0634. The molecule has 2 aromatic carbocycles. The molecule has 0 unspecified atom stereocenters. The normalized spacial score (nSPS) is 11.2. The van der Waals surface area contributed by atoms with E-state index in [0.29, 0.717) is 12.2 Å². The van der Waals surface area contributed by atoms with Gasteiger partial charge in [0.25, 0.3) is 5.91 Å². The van der Waals surface area contributed by atoms with Gasteiger partial charge in [0.1, 0.15) is 0 Å². The van der Waals surface area contributed by atoms with Crippen LogP contribution in [0.15, 0.2) is 42.5 Å². The van der Waals surface area contributed by atoms with Crippen molar-refractivity contribution in [1.29, 1.82) is 0 Å². The summed E-state index contributed by atoms with van der Waals surface area (Å²) in [4.78, 5) is 25.7. The molecule has 2 amide bonds. The molecular weight excluding hydrogens is 397 g/mol. The van der Waals surface area contributed by atoms with Crippen molar-refractivity contribution in [3.8, 4) is 0 Å². The molecule has 0 saturated carbocycles. The molecular formula is C19H18ClF3N2O3. The van der Waals surface area contributed by atoms with Gasteiger partial charge in [-0.25, -0.2) is 0 Å². The number of carbonyl (C=O) groups excluding carboxylic acids is 2. The van der Waals surface area contributed by atoms with E-state index in [4.69, 9.17) is 16.3 Å². The molecule has 0 atom stereocenters. The van der Waals surface area contributed by atoms with E-state index in [1.54, 1.807) is 31.4 Å². The highest BCUT2D eigenvalue weighted by Crippen LogP contribution is 2.36. The maximum absolute atomic E-state index is 12.9. The predicted octanol–water partition coefficient (Wildman–Crippen LogP) is 4.22. The Bertz CT molecular complexity index is 854. The van der Waals surface area contributed by atoms with Crippen molar-refractivity contribution in [2.75, 3.05) is 26.0 Å². The van der Waals surface area contributed by atoms with Crippen LogP contribution in [-0.2, 0) is 22.3 Å². The lowest BCUT2D eigenvalue weighted by molar-refractivity contribution is -0.137. The molecule has 0 spiro atoms. The second kappa shape index (κ2) is 9.07. The van der Waals surface area contributed by atoms with Crippen LogP contribution in [0.5, 0.6) is 0 Å². The van der Waals surface area contributed by atoms with E-state index >= 15 is 0 Å². The summed E-state index contributed by atoms with van der Waals surface area (Å²) in [6.07, 6.45) is -4.64. The molecule has 0 saturated heterocycles. The van der Waals surface area contributed by atoms with Crippen LogP contribution in [-0.4, -0.2) is 37.4 Å². The van der Waals surface area contributed by atoms with Gasteiger partial charge in [-0.05, 0) is 35.9 Å². The summed E-state index contributed by atoms with van der Waals surface area (Å²) in [5.41, 5.74) is 0.155. The molecule has 9 heteroatoms. The highest BCUT2D eigenvalue weighted by molar-refractivity contribution is 6.31. The van der Waals surface area contributed by atoms with E-state index < -0.39 is 28.6 Å². The number of hydrogen-bond donors (Lipinski definition) is 1. The van der Waals surface area contributed by atoms with Crippen molar-refractivity contribution in [2.24, 2.45) is 0 Å². The zero-order valence-electron chi connectivity index (χ0n) is 15.1. The maximum atomic E-state index is 12.9. The van der Waals surface area contributed by atoms with Crippen molar-refractivity contribution in [1.82, 2.24) is 4.90 Å². The molecule has 2 rings (SSSR count). The van der Waals surface area contributed by atoms with E-state index in [1.165, 1.54) is 18.0 Å². The Morgan fingerprint density at radius 1 is 1.14 bits per heavy atom. The Morgan fingerprint density at radius 2 is 1.79 bits per heavy atom. The largest absolute Gasteiger partial charge is 0.417 e. The minimum atomic E-state index is -4.64. The summed E-state index contributed by atoms with van der Waals surface area (Å²) < 4.78 is 43.7. The first-order chi connectivity index (χ1) is 13.1. The Morgan fingerprint density at radius 3 is 2.36 bits per heavy atom. The average Bonchev–Trinajstić information content (AvgIpc) is 2.62. The molecule has 0 radical (unpaired) electrons. The molecule has 0 aromatic heterocycles. The monoisotopic (exact) mass is 414 g/mol. The predicted molar refractivity (Wildman–Crippen MR) is 99.2 cm³/mol. The van der Waals surface area contributed by atoms with E-state index in [2.05, 4.69) is 5.32 Å². The first-order valence-corrected chi connectivity index (χ1v) is 8.49. The number of benzene rings is 2. The maximum Gasteiger partial charge on any atom is 0.417 e. The third-order valence-corrected chi connectivity index (χ3v) is 4.12. The SMILES string of the molecule is COCc1ccc(C(=O)N(C)CC(=O)Nc2ccc(Cl)c(C(F)(F)F)c2)cc1. The van der Waals surface area contributed by atoms with Crippen LogP contribution >= 0.6 is 11.6 Å². The van der Waals surface area contributed by atoms with Gasteiger partial charge in [0.05, 0.1) is 23.7 Å². The van der Waals surface area contributed by atoms with Crippen LogP contribution in [0.3, 0.4) is 0 Å². The first kappa shape index (κ1) is 21.7.